The lowest BCUT2D eigenvalue weighted by molar-refractivity contribution is 0.102. The Morgan fingerprint density at radius 3 is 2.64 bits per heavy atom. The molecule has 0 aliphatic carbocycles. The lowest BCUT2D eigenvalue weighted by Crippen LogP contribution is -2.15. The van der Waals surface area contributed by atoms with Crippen LogP contribution in [-0.2, 0) is 0 Å². The van der Waals surface area contributed by atoms with E-state index in [0.717, 1.165) is 22.3 Å². The Morgan fingerprint density at radius 1 is 1.27 bits per heavy atom. The molecule has 22 heavy (non-hydrogen) atoms. The third-order valence-corrected chi connectivity index (χ3v) is 3.88. The maximum Gasteiger partial charge on any atom is 0.275 e. The predicted octanol–water partition coefficient (Wildman–Crippen LogP) is 3.87. The van der Waals surface area contributed by atoms with Crippen LogP contribution in [0.5, 0.6) is 0 Å². The maximum absolute atomic E-state index is 12.1. The molecule has 0 aliphatic heterocycles. The minimum Gasteiger partial charge on any atom is -0.369 e. The second kappa shape index (κ2) is 7.35. The number of anilines is 2. The van der Waals surface area contributed by atoms with E-state index in [4.69, 9.17) is 0 Å². The molecular formula is C16H19BrN4O. The van der Waals surface area contributed by atoms with E-state index in [1.807, 2.05) is 25.1 Å². The largest absolute Gasteiger partial charge is 0.369 e. The number of aromatic nitrogens is 2. The van der Waals surface area contributed by atoms with Crippen molar-refractivity contribution >= 4 is 33.3 Å². The number of halogens is 1. The lowest BCUT2D eigenvalue weighted by atomic mass is 10.2. The zero-order valence-electron chi connectivity index (χ0n) is 12.9. The molecule has 0 fully saturated rings. The third kappa shape index (κ3) is 4.53. The van der Waals surface area contributed by atoms with Crippen molar-refractivity contribution in [2.75, 3.05) is 17.2 Å². The number of carbonyl (C=O) groups excluding carboxylic acids is 1. The molecule has 1 aromatic heterocycles. The van der Waals surface area contributed by atoms with Gasteiger partial charge in [-0.2, -0.15) is 0 Å². The zero-order valence-corrected chi connectivity index (χ0v) is 14.4. The van der Waals surface area contributed by atoms with E-state index in [9.17, 15) is 4.79 Å². The van der Waals surface area contributed by atoms with Gasteiger partial charge in [-0.25, -0.2) is 9.97 Å². The summed E-state index contributed by atoms with van der Waals surface area (Å²) < 4.78 is 1.01. The van der Waals surface area contributed by atoms with Gasteiger partial charge in [-0.1, -0.05) is 29.8 Å². The summed E-state index contributed by atoms with van der Waals surface area (Å²) in [7, 11) is 0. The highest BCUT2D eigenvalue weighted by molar-refractivity contribution is 9.10. The topological polar surface area (TPSA) is 66.9 Å². The van der Waals surface area contributed by atoms with Crippen LogP contribution in [0.1, 0.15) is 29.9 Å². The fourth-order valence-corrected chi connectivity index (χ4v) is 2.01. The standard InChI is InChI=1S/C16H19BrN4O/c1-10(2)7-19-15-9-18-14(8-20-15)16(22)21-12-4-5-13(17)11(3)6-12/h4-6,8-10H,7H2,1-3H3,(H,19,20)(H,21,22). The first kappa shape index (κ1) is 16.4. The molecule has 1 amide bonds. The minimum atomic E-state index is -0.273. The number of benzene rings is 1. The molecule has 0 radical (unpaired) electrons. The average molecular weight is 363 g/mol. The third-order valence-electron chi connectivity index (χ3n) is 2.99. The van der Waals surface area contributed by atoms with Crippen LogP contribution in [0.3, 0.4) is 0 Å². The maximum atomic E-state index is 12.1. The number of aryl methyl sites for hydroxylation is 1. The Morgan fingerprint density at radius 2 is 2.05 bits per heavy atom. The molecule has 0 unspecified atom stereocenters. The monoisotopic (exact) mass is 362 g/mol. The Hall–Kier alpha value is -1.95. The van der Waals surface area contributed by atoms with Crippen LogP contribution in [0.2, 0.25) is 0 Å². The summed E-state index contributed by atoms with van der Waals surface area (Å²) in [5, 5.41) is 5.98. The van der Waals surface area contributed by atoms with E-state index in [1.165, 1.54) is 6.20 Å². The van der Waals surface area contributed by atoms with Crippen molar-refractivity contribution in [1.29, 1.82) is 0 Å². The number of nitrogens with zero attached hydrogens (tertiary/aromatic N) is 2. The van der Waals surface area contributed by atoms with Gasteiger partial charge < -0.3 is 10.6 Å². The van der Waals surface area contributed by atoms with Gasteiger partial charge in [0.25, 0.3) is 5.91 Å². The molecule has 1 heterocycles. The van der Waals surface area contributed by atoms with Crippen LogP contribution in [-0.4, -0.2) is 22.4 Å². The van der Waals surface area contributed by atoms with Crippen LogP contribution in [0.4, 0.5) is 11.5 Å². The number of hydrogen-bond donors (Lipinski definition) is 2. The summed E-state index contributed by atoms with van der Waals surface area (Å²) in [6.45, 7) is 7.01. The second-order valence-electron chi connectivity index (χ2n) is 5.48. The molecule has 0 saturated heterocycles. The minimum absolute atomic E-state index is 0.273. The van der Waals surface area contributed by atoms with Gasteiger partial charge >= 0.3 is 0 Å². The summed E-state index contributed by atoms with van der Waals surface area (Å²) in [5.41, 5.74) is 2.07. The van der Waals surface area contributed by atoms with Gasteiger partial charge in [-0.05, 0) is 36.6 Å². The Kier molecular flexibility index (Phi) is 5.49. The van der Waals surface area contributed by atoms with Crippen LogP contribution in [0, 0.1) is 12.8 Å². The number of amides is 1. The van der Waals surface area contributed by atoms with Crippen molar-refractivity contribution in [2.24, 2.45) is 5.92 Å². The fourth-order valence-electron chi connectivity index (χ4n) is 1.76. The molecule has 0 saturated carbocycles. The van der Waals surface area contributed by atoms with Gasteiger partial charge in [0, 0.05) is 16.7 Å². The van der Waals surface area contributed by atoms with E-state index in [2.05, 4.69) is 50.4 Å². The number of nitrogens with one attached hydrogen (secondary N) is 2. The number of carbonyl (C=O) groups is 1. The first-order valence-corrected chi connectivity index (χ1v) is 7.88. The SMILES string of the molecule is Cc1cc(NC(=O)c2cnc(NCC(C)C)cn2)ccc1Br. The molecule has 0 bridgehead atoms. The highest BCUT2D eigenvalue weighted by Gasteiger charge is 2.09. The van der Waals surface area contributed by atoms with Crippen LogP contribution >= 0.6 is 15.9 Å². The molecule has 0 spiro atoms. The predicted molar refractivity (Wildman–Crippen MR) is 92.2 cm³/mol. The summed E-state index contributed by atoms with van der Waals surface area (Å²) in [6, 6.07) is 5.63. The summed E-state index contributed by atoms with van der Waals surface area (Å²) in [4.78, 5) is 20.5. The molecule has 5 nitrogen and oxygen atoms in total. The normalized spacial score (nSPS) is 10.6. The van der Waals surface area contributed by atoms with Crippen molar-refractivity contribution < 1.29 is 4.79 Å². The average Bonchev–Trinajstić information content (AvgIpc) is 2.49. The van der Waals surface area contributed by atoms with Crippen molar-refractivity contribution in [2.45, 2.75) is 20.8 Å². The van der Waals surface area contributed by atoms with Gasteiger partial charge in [0.1, 0.15) is 11.5 Å². The lowest BCUT2D eigenvalue weighted by Gasteiger charge is -2.09. The Labute approximate surface area is 138 Å². The van der Waals surface area contributed by atoms with E-state index < -0.39 is 0 Å². The molecule has 1 aromatic carbocycles. The second-order valence-corrected chi connectivity index (χ2v) is 6.33. The molecular weight excluding hydrogens is 344 g/mol. The summed E-state index contributed by atoms with van der Waals surface area (Å²) >= 11 is 3.43. The quantitative estimate of drug-likeness (QED) is 0.846. The molecule has 0 atom stereocenters. The smallest absolute Gasteiger partial charge is 0.275 e. The molecule has 2 aromatic rings. The van der Waals surface area contributed by atoms with Crippen LogP contribution in [0.25, 0.3) is 0 Å². The van der Waals surface area contributed by atoms with E-state index >= 15 is 0 Å². The van der Waals surface area contributed by atoms with Crippen molar-refractivity contribution in [3.05, 3.63) is 46.3 Å². The Bertz CT molecular complexity index is 656. The highest BCUT2D eigenvalue weighted by Crippen LogP contribution is 2.20. The van der Waals surface area contributed by atoms with E-state index in [1.54, 1.807) is 6.20 Å². The highest BCUT2D eigenvalue weighted by atomic mass is 79.9. The zero-order chi connectivity index (χ0) is 16.1. The van der Waals surface area contributed by atoms with Gasteiger partial charge in [0.15, 0.2) is 0 Å². The molecule has 0 aliphatic rings. The number of rotatable bonds is 5. The van der Waals surface area contributed by atoms with Crippen molar-refractivity contribution in [3.63, 3.8) is 0 Å². The summed E-state index contributed by atoms with van der Waals surface area (Å²) in [6.07, 6.45) is 3.05. The molecule has 116 valence electrons. The van der Waals surface area contributed by atoms with Gasteiger partial charge in [-0.3, -0.25) is 4.79 Å². The van der Waals surface area contributed by atoms with Crippen LogP contribution in [0.15, 0.2) is 35.1 Å². The van der Waals surface area contributed by atoms with Gasteiger partial charge in [0.05, 0.1) is 12.4 Å². The molecule has 6 heteroatoms. The first-order valence-electron chi connectivity index (χ1n) is 7.09. The molecule has 2 rings (SSSR count). The van der Waals surface area contributed by atoms with Gasteiger partial charge in [-0.15, -0.1) is 0 Å². The van der Waals surface area contributed by atoms with Crippen LogP contribution < -0.4 is 10.6 Å². The Balaban J connectivity index is 2.01. The number of hydrogen-bond acceptors (Lipinski definition) is 4. The fraction of sp³-hybridized carbons (Fsp3) is 0.312. The van der Waals surface area contributed by atoms with Gasteiger partial charge in [0.2, 0.25) is 0 Å². The van der Waals surface area contributed by atoms with Crippen molar-refractivity contribution in [1.82, 2.24) is 9.97 Å². The molecule has 2 N–H and O–H groups in total. The summed E-state index contributed by atoms with van der Waals surface area (Å²) in [5.74, 6) is 0.916. The van der Waals surface area contributed by atoms with E-state index in [-0.39, 0.29) is 11.6 Å². The van der Waals surface area contributed by atoms with E-state index in [0.29, 0.717) is 11.7 Å². The first-order chi connectivity index (χ1) is 10.5. The van der Waals surface area contributed by atoms with Crippen molar-refractivity contribution in [3.8, 4) is 0 Å².